The van der Waals surface area contributed by atoms with Crippen molar-refractivity contribution in [2.24, 2.45) is 0 Å². The van der Waals surface area contributed by atoms with Gasteiger partial charge in [0, 0.05) is 19.0 Å². The summed E-state index contributed by atoms with van der Waals surface area (Å²) in [4.78, 5) is 27.2. The lowest BCUT2D eigenvalue weighted by Crippen LogP contribution is -2.51. The molecule has 0 saturated carbocycles. The second kappa shape index (κ2) is 8.37. The molecule has 0 spiro atoms. The molecule has 25 heavy (non-hydrogen) atoms. The average molecular weight is 346 g/mol. The van der Waals surface area contributed by atoms with Crippen LogP contribution in [0.5, 0.6) is 0 Å². The first-order valence-corrected chi connectivity index (χ1v) is 9.14. The van der Waals surface area contributed by atoms with Crippen LogP contribution in [-0.4, -0.2) is 41.1 Å². The standard InChI is InChI=1S/C20H30N2O3/c1-5-16-12-9-13-22(16)18(23)17(14-15-10-7-6-8-11-15)21-19(24)25-20(2,3)4/h6-8,10-11,16-17H,5,9,12-14H2,1-4H3,(H,21,24). The molecule has 2 amide bonds. The number of carbonyl (C=O) groups excluding carboxylic acids is 2. The third-order valence-corrected chi connectivity index (χ3v) is 4.40. The lowest BCUT2D eigenvalue weighted by atomic mass is 10.0. The highest BCUT2D eigenvalue weighted by molar-refractivity contribution is 5.86. The zero-order valence-corrected chi connectivity index (χ0v) is 15.7. The molecule has 1 aliphatic rings. The highest BCUT2D eigenvalue weighted by atomic mass is 16.6. The van der Waals surface area contributed by atoms with Crippen molar-refractivity contribution >= 4 is 12.0 Å². The van der Waals surface area contributed by atoms with E-state index in [0.717, 1.165) is 31.4 Å². The SMILES string of the molecule is CCC1CCCN1C(=O)C(Cc1ccccc1)NC(=O)OC(C)(C)C. The minimum Gasteiger partial charge on any atom is -0.444 e. The molecular weight excluding hydrogens is 316 g/mol. The molecule has 5 nitrogen and oxygen atoms in total. The van der Waals surface area contributed by atoms with Crippen molar-refractivity contribution in [3.8, 4) is 0 Å². The van der Waals surface area contributed by atoms with E-state index >= 15 is 0 Å². The van der Waals surface area contributed by atoms with Crippen molar-refractivity contribution in [1.29, 1.82) is 0 Å². The summed E-state index contributed by atoms with van der Waals surface area (Å²) >= 11 is 0. The van der Waals surface area contributed by atoms with Gasteiger partial charge in [0.1, 0.15) is 11.6 Å². The Hall–Kier alpha value is -2.04. The normalized spacial score (nSPS) is 18.7. The van der Waals surface area contributed by atoms with Crippen LogP contribution in [0.3, 0.4) is 0 Å². The van der Waals surface area contributed by atoms with Crippen molar-refractivity contribution in [1.82, 2.24) is 10.2 Å². The molecule has 5 heteroatoms. The van der Waals surface area contributed by atoms with Gasteiger partial charge in [0.25, 0.3) is 0 Å². The molecule has 1 saturated heterocycles. The molecule has 1 N–H and O–H groups in total. The van der Waals surface area contributed by atoms with Crippen molar-refractivity contribution in [3.63, 3.8) is 0 Å². The van der Waals surface area contributed by atoms with E-state index in [4.69, 9.17) is 4.74 Å². The van der Waals surface area contributed by atoms with E-state index in [0.29, 0.717) is 6.42 Å². The first-order chi connectivity index (χ1) is 11.8. The largest absolute Gasteiger partial charge is 0.444 e. The third kappa shape index (κ3) is 5.76. The summed E-state index contributed by atoms with van der Waals surface area (Å²) in [7, 11) is 0. The number of hydrogen-bond acceptors (Lipinski definition) is 3. The molecule has 1 aromatic carbocycles. The van der Waals surface area contributed by atoms with Gasteiger partial charge in [-0.3, -0.25) is 4.79 Å². The molecule has 2 unspecified atom stereocenters. The van der Waals surface area contributed by atoms with E-state index in [1.165, 1.54) is 0 Å². The Labute approximate surface area is 150 Å². The van der Waals surface area contributed by atoms with Crippen LogP contribution in [-0.2, 0) is 16.0 Å². The van der Waals surface area contributed by atoms with Crippen LogP contribution >= 0.6 is 0 Å². The predicted octanol–water partition coefficient (Wildman–Crippen LogP) is 3.52. The first kappa shape index (κ1) is 19.3. The number of nitrogens with zero attached hydrogens (tertiary/aromatic N) is 1. The van der Waals surface area contributed by atoms with E-state index in [9.17, 15) is 9.59 Å². The highest BCUT2D eigenvalue weighted by Gasteiger charge is 2.33. The van der Waals surface area contributed by atoms with Gasteiger partial charge in [0.2, 0.25) is 5.91 Å². The quantitative estimate of drug-likeness (QED) is 0.887. The van der Waals surface area contributed by atoms with Gasteiger partial charge in [-0.05, 0) is 45.6 Å². The number of carbonyl (C=O) groups is 2. The minimum atomic E-state index is -0.607. The monoisotopic (exact) mass is 346 g/mol. The van der Waals surface area contributed by atoms with Gasteiger partial charge in [0.15, 0.2) is 0 Å². The van der Waals surface area contributed by atoms with Crippen molar-refractivity contribution in [2.75, 3.05) is 6.54 Å². The summed E-state index contributed by atoms with van der Waals surface area (Å²) < 4.78 is 5.35. The van der Waals surface area contributed by atoms with Gasteiger partial charge >= 0.3 is 6.09 Å². The maximum atomic E-state index is 13.1. The zero-order chi connectivity index (χ0) is 18.4. The van der Waals surface area contributed by atoms with Crippen LogP contribution in [0.2, 0.25) is 0 Å². The second-order valence-corrected chi connectivity index (χ2v) is 7.62. The fourth-order valence-corrected chi connectivity index (χ4v) is 3.25. The molecular formula is C20H30N2O3. The van der Waals surface area contributed by atoms with Crippen LogP contribution in [0.25, 0.3) is 0 Å². The number of alkyl carbamates (subject to hydrolysis) is 1. The maximum absolute atomic E-state index is 13.1. The van der Waals surface area contributed by atoms with Crippen LogP contribution in [0, 0.1) is 0 Å². The van der Waals surface area contributed by atoms with Gasteiger partial charge in [-0.2, -0.15) is 0 Å². The molecule has 1 aromatic rings. The number of hydrogen-bond donors (Lipinski definition) is 1. The van der Waals surface area contributed by atoms with E-state index < -0.39 is 17.7 Å². The molecule has 138 valence electrons. The minimum absolute atomic E-state index is 0.0148. The molecule has 0 radical (unpaired) electrons. The summed E-state index contributed by atoms with van der Waals surface area (Å²) in [6.07, 6.45) is 2.91. The fourth-order valence-electron chi connectivity index (χ4n) is 3.25. The fraction of sp³-hybridized carbons (Fsp3) is 0.600. The number of nitrogens with one attached hydrogen (secondary N) is 1. The number of benzene rings is 1. The number of amides is 2. The summed E-state index contributed by atoms with van der Waals surface area (Å²) in [6.45, 7) is 8.30. The van der Waals surface area contributed by atoms with E-state index in [1.54, 1.807) is 0 Å². The van der Waals surface area contributed by atoms with E-state index in [2.05, 4.69) is 12.2 Å². The molecule has 0 aromatic heterocycles. The van der Waals surface area contributed by atoms with Gasteiger partial charge < -0.3 is 15.0 Å². The third-order valence-electron chi connectivity index (χ3n) is 4.40. The smallest absolute Gasteiger partial charge is 0.408 e. The lowest BCUT2D eigenvalue weighted by Gasteiger charge is -2.29. The van der Waals surface area contributed by atoms with E-state index in [-0.39, 0.29) is 11.9 Å². The van der Waals surface area contributed by atoms with Gasteiger partial charge in [-0.1, -0.05) is 37.3 Å². The van der Waals surface area contributed by atoms with Crippen LogP contribution in [0.4, 0.5) is 4.79 Å². The molecule has 2 rings (SSSR count). The lowest BCUT2D eigenvalue weighted by molar-refractivity contribution is -0.134. The summed E-state index contributed by atoms with van der Waals surface area (Å²) in [5.74, 6) is -0.0148. The molecule has 0 aliphatic carbocycles. The topological polar surface area (TPSA) is 58.6 Å². The van der Waals surface area contributed by atoms with Crippen molar-refractivity contribution in [2.45, 2.75) is 71.1 Å². The molecule has 1 heterocycles. The molecule has 1 aliphatic heterocycles. The second-order valence-electron chi connectivity index (χ2n) is 7.62. The van der Waals surface area contributed by atoms with E-state index in [1.807, 2.05) is 56.0 Å². The Kier molecular flexibility index (Phi) is 6.45. The number of ether oxygens (including phenoxy) is 1. The summed E-state index contributed by atoms with van der Waals surface area (Å²) in [5, 5.41) is 2.79. The van der Waals surface area contributed by atoms with Gasteiger partial charge in [-0.25, -0.2) is 4.79 Å². The van der Waals surface area contributed by atoms with Crippen molar-refractivity contribution < 1.29 is 14.3 Å². The van der Waals surface area contributed by atoms with Crippen LogP contribution in [0.1, 0.15) is 52.5 Å². The summed E-state index contributed by atoms with van der Waals surface area (Å²) in [5.41, 5.74) is 0.425. The average Bonchev–Trinajstić information content (AvgIpc) is 3.01. The number of rotatable bonds is 5. The molecule has 1 fully saturated rings. The highest BCUT2D eigenvalue weighted by Crippen LogP contribution is 2.21. The Balaban J connectivity index is 2.13. The van der Waals surface area contributed by atoms with Crippen LogP contribution in [0.15, 0.2) is 30.3 Å². The van der Waals surface area contributed by atoms with Crippen molar-refractivity contribution in [3.05, 3.63) is 35.9 Å². The molecule has 2 atom stereocenters. The van der Waals surface area contributed by atoms with Gasteiger partial charge in [0.05, 0.1) is 0 Å². The Morgan fingerprint density at radius 3 is 2.56 bits per heavy atom. The molecule has 0 bridgehead atoms. The Bertz CT molecular complexity index is 580. The maximum Gasteiger partial charge on any atom is 0.408 e. The number of likely N-dealkylation sites (tertiary alicyclic amines) is 1. The Morgan fingerprint density at radius 1 is 1.28 bits per heavy atom. The van der Waals surface area contributed by atoms with Crippen LogP contribution < -0.4 is 5.32 Å². The Morgan fingerprint density at radius 2 is 1.96 bits per heavy atom. The summed E-state index contributed by atoms with van der Waals surface area (Å²) in [6, 6.07) is 9.42. The predicted molar refractivity (Wildman–Crippen MR) is 98.3 cm³/mol. The van der Waals surface area contributed by atoms with Gasteiger partial charge in [-0.15, -0.1) is 0 Å². The first-order valence-electron chi connectivity index (χ1n) is 9.14. The zero-order valence-electron chi connectivity index (χ0n) is 15.7.